The van der Waals surface area contributed by atoms with E-state index in [1.807, 2.05) is 20.9 Å². The van der Waals surface area contributed by atoms with E-state index in [0.29, 0.717) is 77.5 Å². The SMILES string of the molecule is CC.CC(=O)CCC=O.CNCCOCCOCCOCCOCCNC(=O)OC1CCC(S)CC1. The van der Waals surface area contributed by atoms with Crippen LogP contribution in [0.5, 0.6) is 0 Å². The molecule has 0 aromatic carbocycles. The average molecular weight is 539 g/mol. The molecule has 0 aliphatic heterocycles. The van der Waals surface area contributed by atoms with Gasteiger partial charge in [-0.05, 0) is 39.7 Å². The quantitative estimate of drug-likeness (QED) is 0.129. The van der Waals surface area contributed by atoms with Gasteiger partial charge in [0, 0.05) is 31.2 Å². The van der Waals surface area contributed by atoms with E-state index in [2.05, 4.69) is 23.3 Å². The zero-order chi connectivity index (χ0) is 27.3. The van der Waals surface area contributed by atoms with Crippen LogP contribution in [0, 0.1) is 0 Å². The number of aldehydes is 1. The Hall–Kier alpha value is -1.24. The van der Waals surface area contributed by atoms with Crippen molar-refractivity contribution in [2.24, 2.45) is 0 Å². The monoisotopic (exact) mass is 538 g/mol. The number of likely N-dealkylation sites (N-methyl/N-ethyl adjacent to an activating group) is 1. The van der Waals surface area contributed by atoms with E-state index in [9.17, 15) is 14.4 Å². The fourth-order valence-corrected chi connectivity index (χ4v) is 3.08. The average Bonchev–Trinajstić information content (AvgIpc) is 2.88. The Morgan fingerprint density at radius 2 is 1.31 bits per heavy atom. The number of ether oxygens (including phenoxy) is 5. The smallest absolute Gasteiger partial charge is 0.407 e. The number of carbonyl (C=O) groups is 3. The second-order valence-corrected chi connectivity index (χ2v) is 8.45. The Balaban J connectivity index is 0. The summed E-state index contributed by atoms with van der Waals surface area (Å²) in [5.41, 5.74) is 0. The molecular formula is C25H50N2O8S. The number of alkyl carbamates (subject to hydrolysis) is 1. The van der Waals surface area contributed by atoms with Gasteiger partial charge in [-0.3, -0.25) is 0 Å². The highest BCUT2D eigenvalue weighted by molar-refractivity contribution is 7.80. The van der Waals surface area contributed by atoms with E-state index >= 15 is 0 Å². The molecule has 0 aromatic rings. The fraction of sp³-hybridized carbons (Fsp3) is 0.880. The summed E-state index contributed by atoms with van der Waals surface area (Å²) in [6, 6.07) is 0. The number of rotatable bonds is 19. The molecule has 214 valence electrons. The van der Waals surface area contributed by atoms with Gasteiger partial charge in [0.15, 0.2) is 0 Å². The minimum absolute atomic E-state index is 0.0184. The van der Waals surface area contributed by atoms with Crippen molar-refractivity contribution in [2.45, 2.75) is 70.7 Å². The second kappa shape index (κ2) is 30.0. The highest BCUT2D eigenvalue weighted by atomic mass is 32.1. The molecule has 1 fully saturated rings. The number of hydrogen-bond acceptors (Lipinski definition) is 10. The molecule has 11 heteroatoms. The van der Waals surface area contributed by atoms with Gasteiger partial charge in [-0.1, -0.05) is 13.8 Å². The Labute approximate surface area is 223 Å². The molecule has 0 heterocycles. The lowest BCUT2D eigenvalue weighted by Crippen LogP contribution is -2.33. The zero-order valence-corrected chi connectivity index (χ0v) is 23.7. The van der Waals surface area contributed by atoms with Crippen molar-refractivity contribution in [3.05, 3.63) is 0 Å². The van der Waals surface area contributed by atoms with Crippen LogP contribution in [-0.2, 0) is 33.3 Å². The van der Waals surface area contributed by atoms with Gasteiger partial charge in [-0.2, -0.15) is 12.6 Å². The number of carbonyl (C=O) groups excluding carboxylic acids is 3. The Morgan fingerprint density at radius 1 is 0.833 bits per heavy atom. The molecule has 1 rings (SSSR count). The molecule has 1 aliphatic carbocycles. The predicted molar refractivity (Wildman–Crippen MR) is 144 cm³/mol. The van der Waals surface area contributed by atoms with Crippen LogP contribution >= 0.6 is 12.6 Å². The van der Waals surface area contributed by atoms with Gasteiger partial charge in [-0.15, -0.1) is 0 Å². The largest absolute Gasteiger partial charge is 0.446 e. The summed E-state index contributed by atoms with van der Waals surface area (Å²) < 4.78 is 26.9. The molecule has 0 atom stereocenters. The minimum atomic E-state index is -0.371. The number of thiol groups is 1. The Bertz CT molecular complexity index is 506. The maximum absolute atomic E-state index is 11.7. The first kappa shape index (κ1) is 36.9. The predicted octanol–water partition coefficient (Wildman–Crippen LogP) is 2.82. The highest BCUT2D eigenvalue weighted by Crippen LogP contribution is 2.24. The molecule has 0 aromatic heterocycles. The lowest BCUT2D eigenvalue weighted by atomic mass is 9.97. The Kier molecular flexibility index (Phi) is 30.7. The first-order valence-corrected chi connectivity index (χ1v) is 13.5. The van der Waals surface area contributed by atoms with Gasteiger partial charge in [-0.25, -0.2) is 4.79 Å². The van der Waals surface area contributed by atoms with Crippen molar-refractivity contribution in [1.82, 2.24) is 10.6 Å². The normalized spacial score (nSPS) is 16.6. The summed E-state index contributed by atoms with van der Waals surface area (Å²) in [6.45, 7) is 11.1. The van der Waals surface area contributed by atoms with Crippen molar-refractivity contribution in [3.8, 4) is 0 Å². The van der Waals surface area contributed by atoms with Crippen LogP contribution in [0.1, 0.15) is 59.3 Å². The van der Waals surface area contributed by atoms with E-state index in [0.717, 1.165) is 38.5 Å². The molecule has 1 aliphatic rings. The van der Waals surface area contributed by atoms with Crippen molar-refractivity contribution in [3.63, 3.8) is 0 Å². The topological polar surface area (TPSA) is 121 Å². The lowest BCUT2D eigenvalue weighted by molar-refractivity contribution is -0.118. The summed E-state index contributed by atoms with van der Waals surface area (Å²) >= 11 is 4.43. The third-order valence-electron chi connectivity index (χ3n) is 4.66. The number of amides is 1. The first-order chi connectivity index (χ1) is 17.5. The van der Waals surface area contributed by atoms with Crippen LogP contribution in [0.2, 0.25) is 0 Å². The van der Waals surface area contributed by atoms with Gasteiger partial charge in [0.2, 0.25) is 0 Å². The molecule has 0 saturated heterocycles. The zero-order valence-electron chi connectivity index (χ0n) is 22.8. The van der Waals surface area contributed by atoms with E-state index in [-0.39, 0.29) is 18.0 Å². The van der Waals surface area contributed by atoms with Gasteiger partial charge < -0.3 is 43.9 Å². The van der Waals surface area contributed by atoms with E-state index in [1.165, 1.54) is 6.92 Å². The molecule has 0 radical (unpaired) electrons. The van der Waals surface area contributed by atoms with E-state index < -0.39 is 0 Å². The van der Waals surface area contributed by atoms with Crippen molar-refractivity contribution >= 4 is 30.8 Å². The summed E-state index contributed by atoms with van der Waals surface area (Å²) in [6.07, 6.45) is 4.94. The standard InChI is InChI=1S/C18H36N2O6S.C5H8O2.C2H6/c1-19-6-8-22-10-12-24-14-15-25-13-11-23-9-7-20-18(21)26-16-2-4-17(27)5-3-16;1-5(7)3-2-4-6;1-2/h16-17,19,27H,2-15H2,1H3,(H,20,21);4H,2-3H2,1H3;1-2H3. The summed E-state index contributed by atoms with van der Waals surface area (Å²) in [5.74, 6) is 0.0760. The number of nitrogens with one attached hydrogen (secondary N) is 2. The number of hydrogen-bond donors (Lipinski definition) is 3. The highest BCUT2D eigenvalue weighted by Gasteiger charge is 2.21. The summed E-state index contributed by atoms with van der Waals surface area (Å²) in [4.78, 5) is 31.3. The maximum Gasteiger partial charge on any atom is 0.407 e. The summed E-state index contributed by atoms with van der Waals surface area (Å²) in [5, 5.41) is 6.15. The van der Waals surface area contributed by atoms with Crippen LogP contribution in [0.4, 0.5) is 4.79 Å². The van der Waals surface area contributed by atoms with Crippen LogP contribution in [0.3, 0.4) is 0 Å². The van der Waals surface area contributed by atoms with Crippen molar-refractivity contribution in [1.29, 1.82) is 0 Å². The minimum Gasteiger partial charge on any atom is -0.446 e. The summed E-state index contributed by atoms with van der Waals surface area (Å²) in [7, 11) is 1.89. The third-order valence-corrected chi connectivity index (χ3v) is 5.18. The van der Waals surface area contributed by atoms with Crippen LogP contribution in [0.25, 0.3) is 0 Å². The molecule has 36 heavy (non-hydrogen) atoms. The van der Waals surface area contributed by atoms with Gasteiger partial charge >= 0.3 is 6.09 Å². The van der Waals surface area contributed by atoms with Crippen molar-refractivity contribution < 1.29 is 38.1 Å². The fourth-order valence-electron chi connectivity index (χ4n) is 2.78. The van der Waals surface area contributed by atoms with Crippen LogP contribution in [-0.4, -0.2) is 103 Å². The van der Waals surface area contributed by atoms with Crippen molar-refractivity contribution in [2.75, 3.05) is 73.0 Å². The molecule has 1 amide bonds. The third kappa shape index (κ3) is 29.0. The maximum atomic E-state index is 11.7. The molecule has 10 nitrogen and oxygen atoms in total. The molecule has 0 bridgehead atoms. The second-order valence-electron chi connectivity index (χ2n) is 7.72. The lowest BCUT2D eigenvalue weighted by Gasteiger charge is -2.25. The molecule has 1 saturated carbocycles. The van der Waals surface area contributed by atoms with Gasteiger partial charge in [0.1, 0.15) is 18.2 Å². The van der Waals surface area contributed by atoms with Gasteiger partial charge in [0.05, 0.1) is 52.9 Å². The molecular weight excluding hydrogens is 488 g/mol. The van der Waals surface area contributed by atoms with E-state index in [4.69, 9.17) is 23.7 Å². The van der Waals surface area contributed by atoms with E-state index in [1.54, 1.807) is 0 Å². The number of ketones is 1. The Morgan fingerprint density at radius 3 is 1.72 bits per heavy atom. The van der Waals surface area contributed by atoms with Crippen LogP contribution < -0.4 is 10.6 Å². The molecule has 2 N–H and O–H groups in total. The first-order valence-electron chi connectivity index (χ1n) is 13.0. The molecule has 0 spiro atoms. The van der Waals surface area contributed by atoms with Crippen LogP contribution in [0.15, 0.2) is 0 Å². The number of Topliss-reactive ketones (excluding diaryl/α,β-unsaturated/α-hetero) is 1. The molecule has 0 unspecified atom stereocenters. The van der Waals surface area contributed by atoms with Gasteiger partial charge in [0.25, 0.3) is 0 Å².